The molecule has 0 aromatic carbocycles. The Hall–Kier alpha value is 0.270. The van der Waals surface area contributed by atoms with Crippen molar-refractivity contribution in [2.75, 3.05) is 0 Å². The third kappa shape index (κ3) is 4.27. The number of hydrogen-bond donors (Lipinski definition) is 0. The van der Waals surface area contributed by atoms with Crippen LogP contribution in [0.1, 0.15) is 0 Å². The van der Waals surface area contributed by atoms with Crippen LogP contribution < -0.4 is 0 Å². The molecule has 36 valence electrons. The first-order valence-corrected chi connectivity index (χ1v) is 1.92. The van der Waals surface area contributed by atoms with Crippen molar-refractivity contribution in [2.24, 2.45) is 9.86 Å². The van der Waals surface area contributed by atoms with E-state index >= 15 is 0 Å². The Morgan fingerprint density at radius 2 is 1.83 bits per heavy atom. The zero-order valence-corrected chi connectivity index (χ0v) is 4.74. The van der Waals surface area contributed by atoms with Crippen LogP contribution in [0.2, 0.25) is 0 Å². The summed E-state index contributed by atoms with van der Waals surface area (Å²) in [5.41, 5.74) is 0. The topological polar surface area (TPSA) is 28.0 Å². The van der Waals surface area contributed by atoms with Gasteiger partial charge in [-0.2, -0.15) is 0 Å². The molecule has 0 fully saturated rings. The molecule has 0 N–H and O–H groups in total. The summed E-state index contributed by atoms with van der Waals surface area (Å²) in [5.74, 6) is 0. The van der Waals surface area contributed by atoms with E-state index in [0.29, 0.717) is 4.05 Å². The van der Waals surface area contributed by atoms with Crippen LogP contribution in [0, 0.1) is 0 Å². The molecule has 0 heterocycles. The molecule has 0 aliphatic rings. The van der Waals surface area contributed by atoms with Crippen LogP contribution in [0.25, 0.3) is 0 Å². The SMILES string of the molecule is Cl/N=N/N(Cl)Cl. The lowest BCUT2D eigenvalue weighted by Crippen LogP contribution is -1.76. The van der Waals surface area contributed by atoms with E-state index in [1.165, 1.54) is 0 Å². The van der Waals surface area contributed by atoms with Gasteiger partial charge in [-0.25, -0.2) is 0 Å². The van der Waals surface area contributed by atoms with Crippen LogP contribution in [0.3, 0.4) is 0 Å². The second-order valence-corrected chi connectivity index (χ2v) is 1.34. The molecule has 3 nitrogen and oxygen atoms in total. The van der Waals surface area contributed by atoms with Gasteiger partial charge in [0.05, 0.1) is 35.3 Å². The summed E-state index contributed by atoms with van der Waals surface area (Å²) in [4.78, 5) is 0. The van der Waals surface area contributed by atoms with Gasteiger partial charge in [0.1, 0.15) is 0 Å². The molecule has 0 amide bonds. The van der Waals surface area contributed by atoms with E-state index in [4.69, 9.17) is 23.6 Å². The number of hydrogen-bond acceptors (Lipinski definition) is 2. The van der Waals surface area contributed by atoms with Gasteiger partial charge in [-0.3, -0.25) is 0 Å². The Morgan fingerprint density at radius 1 is 1.33 bits per heavy atom. The van der Waals surface area contributed by atoms with E-state index in [2.05, 4.69) is 21.6 Å². The van der Waals surface area contributed by atoms with Crippen molar-refractivity contribution < 1.29 is 0 Å². The summed E-state index contributed by atoms with van der Waals surface area (Å²) in [7, 11) is 0. The Labute approximate surface area is 49.8 Å². The van der Waals surface area contributed by atoms with Gasteiger partial charge in [0.15, 0.2) is 0 Å². The summed E-state index contributed by atoms with van der Waals surface area (Å²) in [6.45, 7) is 0. The Kier molecular flexibility index (Phi) is 3.62. The molecule has 0 spiro atoms. The lowest BCUT2D eigenvalue weighted by atomic mass is 12.7. The molecule has 0 bridgehead atoms. The third-order valence-electron chi connectivity index (χ3n) is 0.101. The molecule has 0 rings (SSSR count). The minimum atomic E-state index is 0.451. The van der Waals surface area contributed by atoms with Crippen molar-refractivity contribution in [3.8, 4) is 0 Å². The molecule has 0 aliphatic heterocycles. The lowest BCUT2D eigenvalue weighted by Gasteiger charge is -1.84. The van der Waals surface area contributed by atoms with E-state index in [1.807, 2.05) is 0 Å². The largest absolute Gasteiger partial charge is 0.0887 e. The predicted octanol–water partition coefficient (Wildman–Crippen LogP) is 2.12. The fraction of sp³-hybridized carbons (Fsp3) is 0. The highest BCUT2D eigenvalue weighted by atomic mass is 35.5. The first-order chi connectivity index (χ1) is 2.77. The van der Waals surface area contributed by atoms with Crippen molar-refractivity contribution in [1.82, 2.24) is 4.05 Å². The average molecular weight is 148 g/mol. The average Bonchev–Trinajstić information content (AvgIpc) is 1.35. The molecule has 0 saturated heterocycles. The predicted molar refractivity (Wildman–Crippen MR) is 24.3 cm³/mol. The molecular weight excluding hydrogens is 148 g/mol. The van der Waals surface area contributed by atoms with Crippen LogP contribution in [0.15, 0.2) is 9.86 Å². The van der Waals surface area contributed by atoms with Crippen molar-refractivity contribution in [1.29, 1.82) is 0 Å². The monoisotopic (exact) mass is 147 g/mol. The quantitative estimate of drug-likeness (QED) is 0.318. The third-order valence-corrected chi connectivity index (χ3v) is 0.304. The Bertz CT molecular complexity index is 48.0. The van der Waals surface area contributed by atoms with Crippen molar-refractivity contribution in [3.05, 3.63) is 0 Å². The maximum Gasteiger partial charge on any atom is 0.0622 e. The Morgan fingerprint density at radius 3 is 1.83 bits per heavy atom. The first kappa shape index (κ1) is 6.27. The molecule has 0 aliphatic carbocycles. The van der Waals surface area contributed by atoms with Crippen LogP contribution in [-0.2, 0) is 0 Å². The number of halogens is 3. The fourth-order valence-corrected chi connectivity index (χ4v) is 0.230. The molecule has 0 aromatic rings. The maximum absolute atomic E-state index is 4.83. The number of rotatable bonds is 1. The highest BCUT2D eigenvalue weighted by molar-refractivity contribution is 6.33. The van der Waals surface area contributed by atoms with E-state index in [9.17, 15) is 0 Å². The summed E-state index contributed by atoms with van der Waals surface area (Å²) in [5, 5.41) is 2.88. The van der Waals surface area contributed by atoms with Gasteiger partial charge in [0, 0.05) is 0 Å². The molecule has 6 heteroatoms. The van der Waals surface area contributed by atoms with E-state index in [1.54, 1.807) is 0 Å². The molecule has 0 saturated carbocycles. The van der Waals surface area contributed by atoms with Crippen molar-refractivity contribution in [2.45, 2.75) is 0 Å². The second-order valence-electron chi connectivity index (χ2n) is 0.380. The van der Waals surface area contributed by atoms with Crippen LogP contribution in [-0.4, -0.2) is 4.05 Å². The fourth-order valence-electron chi connectivity index (χ4n) is 0.0256. The van der Waals surface area contributed by atoms with Crippen LogP contribution in [0.5, 0.6) is 0 Å². The van der Waals surface area contributed by atoms with Crippen LogP contribution in [0.4, 0.5) is 0 Å². The molecule has 0 atom stereocenters. The summed E-state index contributed by atoms with van der Waals surface area (Å²) in [6.07, 6.45) is 0. The van der Waals surface area contributed by atoms with Crippen LogP contribution >= 0.6 is 35.3 Å². The smallest absolute Gasteiger partial charge is 0.0622 e. The summed E-state index contributed by atoms with van der Waals surface area (Å²) < 4.78 is 3.15. The minimum Gasteiger partial charge on any atom is -0.0887 e. The van der Waals surface area contributed by atoms with Crippen molar-refractivity contribution >= 4 is 35.3 Å². The van der Waals surface area contributed by atoms with Gasteiger partial charge < -0.3 is 0 Å². The van der Waals surface area contributed by atoms with E-state index in [0.717, 1.165) is 0 Å². The maximum atomic E-state index is 4.83. The van der Waals surface area contributed by atoms with Crippen molar-refractivity contribution in [3.63, 3.8) is 0 Å². The molecule has 0 aromatic heterocycles. The number of nitrogens with zero attached hydrogens (tertiary/aromatic N) is 3. The van der Waals surface area contributed by atoms with Gasteiger partial charge in [0.25, 0.3) is 0 Å². The van der Waals surface area contributed by atoms with Gasteiger partial charge >= 0.3 is 0 Å². The molecule has 0 radical (unpaired) electrons. The van der Waals surface area contributed by atoms with E-state index < -0.39 is 0 Å². The van der Waals surface area contributed by atoms with E-state index in [-0.39, 0.29) is 0 Å². The molecular formula is Cl3N3. The highest BCUT2D eigenvalue weighted by Crippen LogP contribution is 1.99. The van der Waals surface area contributed by atoms with Gasteiger partial charge in [-0.05, 0) is 5.22 Å². The lowest BCUT2D eigenvalue weighted by molar-refractivity contribution is 0.723. The Balaban J connectivity index is 3.03. The zero-order valence-electron chi connectivity index (χ0n) is 2.48. The normalized spacial score (nSPS) is 9.83. The second kappa shape index (κ2) is 3.46. The van der Waals surface area contributed by atoms with Gasteiger partial charge in [-0.15, -0.1) is 0 Å². The standard InChI is InChI=1S/Cl3N3/c1-4-5-6(2)3/b5-4+. The van der Waals surface area contributed by atoms with Gasteiger partial charge in [0.2, 0.25) is 0 Å². The first-order valence-electron chi connectivity index (χ1n) is 0.907. The summed E-state index contributed by atoms with van der Waals surface area (Å²) >= 11 is 14.3. The van der Waals surface area contributed by atoms with Gasteiger partial charge in [-0.1, -0.05) is 8.68 Å². The highest BCUT2D eigenvalue weighted by Gasteiger charge is 1.78. The zero-order chi connectivity index (χ0) is 4.99. The summed E-state index contributed by atoms with van der Waals surface area (Å²) in [6, 6.07) is 0. The molecule has 0 unspecified atom stereocenters. The minimum absolute atomic E-state index is 0.451. The molecule has 6 heavy (non-hydrogen) atoms.